The van der Waals surface area contributed by atoms with Crippen LogP contribution in [0.4, 0.5) is 5.95 Å². The van der Waals surface area contributed by atoms with Gasteiger partial charge in [-0.15, -0.1) is 5.10 Å². The largest absolute Gasteiger partial charge is 0.316 e. The van der Waals surface area contributed by atoms with Crippen molar-refractivity contribution >= 4 is 16.0 Å². The van der Waals surface area contributed by atoms with Gasteiger partial charge in [-0.05, 0) is 24.7 Å². The molecule has 0 fully saturated rings. The van der Waals surface area contributed by atoms with E-state index in [1.807, 2.05) is 6.07 Å². The standard InChI is InChI=1S/C11H13N5O2S/c1-12-8-9-3-2-4-10(7-9)19(17,18)16-11-13-5-6-14-15-11/h2-7,12H,8H2,1H3,(H,13,15,16). The van der Waals surface area contributed by atoms with Gasteiger partial charge in [-0.25, -0.2) is 18.1 Å². The average Bonchev–Trinajstić information content (AvgIpc) is 2.40. The van der Waals surface area contributed by atoms with Crippen LogP contribution in [0.2, 0.25) is 0 Å². The zero-order valence-corrected chi connectivity index (χ0v) is 11.1. The molecule has 0 saturated carbocycles. The van der Waals surface area contributed by atoms with Crippen molar-refractivity contribution in [1.29, 1.82) is 0 Å². The molecule has 0 atom stereocenters. The van der Waals surface area contributed by atoms with Crippen LogP contribution in [0.25, 0.3) is 0 Å². The monoisotopic (exact) mass is 279 g/mol. The number of hydrogen-bond donors (Lipinski definition) is 2. The molecule has 1 aromatic carbocycles. The molecule has 0 saturated heterocycles. The van der Waals surface area contributed by atoms with Crippen molar-refractivity contribution in [2.45, 2.75) is 11.4 Å². The molecule has 2 aromatic rings. The number of aromatic nitrogens is 3. The SMILES string of the molecule is CNCc1cccc(S(=O)(=O)Nc2nccnn2)c1. The Morgan fingerprint density at radius 2 is 2.11 bits per heavy atom. The molecule has 100 valence electrons. The van der Waals surface area contributed by atoms with Crippen LogP contribution in [0.3, 0.4) is 0 Å². The first-order chi connectivity index (χ1) is 9.12. The average molecular weight is 279 g/mol. The van der Waals surface area contributed by atoms with Gasteiger partial charge in [0.15, 0.2) is 0 Å². The van der Waals surface area contributed by atoms with Gasteiger partial charge < -0.3 is 5.32 Å². The lowest BCUT2D eigenvalue weighted by Crippen LogP contribution is -2.16. The van der Waals surface area contributed by atoms with Gasteiger partial charge in [-0.2, -0.15) is 5.10 Å². The smallest absolute Gasteiger partial charge is 0.264 e. The highest BCUT2D eigenvalue weighted by Crippen LogP contribution is 2.14. The Balaban J connectivity index is 2.27. The molecular weight excluding hydrogens is 266 g/mol. The molecule has 0 aliphatic heterocycles. The summed E-state index contributed by atoms with van der Waals surface area (Å²) in [5.41, 5.74) is 0.873. The normalized spacial score (nSPS) is 11.2. The lowest BCUT2D eigenvalue weighted by atomic mass is 10.2. The fourth-order valence-electron chi connectivity index (χ4n) is 1.50. The highest BCUT2D eigenvalue weighted by Gasteiger charge is 2.15. The highest BCUT2D eigenvalue weighted by atomic mass is 32.2. The lowest BCUT2D eigenvalue weighted by molar-refractivity contribution is 0.600. The van der Waals surface area contributed by atoms with E-state index in [9.17, 15) is 8.42 Å². The molecule has 0 aliphatic rings. The van der Waals surface area contributed by atoms with Crippen LogP contribution in [0.5, 0.6) is 0 Å². The van der Waals surface area contributed by atoms with Crippen LogP contribution < -0.4 is 10.0 Å². The van der Waals surface area contributed by atoms with Crippen molar-refractivity contribution in [2.24, 2.45) is 0 Å². The molecule has 7 nitrogen and oxygen atoms in total. The topological polar surface area (TPSA) is 96.9 Å². The number of hydrogen-bond acceptors (Lipinski definition) is 6. The van der Waals surface area contributed by atoms with E-state index in [0.29, 0.717) is 6.54 Å². The molecule has 8 heteroatoms. The molecule has 0 aliphatic carbocycles. The molecule has 2 rings (SSSR count). The van der Waals surface area contributed by atoms with Crippen molar-refractivity contribution in [2.75, 3.05) is 11.8 Å². The molecule has 1 heterocycles. The second kappa shape index (κ2) is 5.72. The third-order valence-corrected chi connectivity index (χ3v) is 3.62. The van der Waals surface area contributed by atoms with Gasteiger partial charge in [0, 0.05) is 6.54 Å². The summed E-state index contributed by atoms with van der Waals surface area (Å²) in [5.74, 6) is -0.0541. The van der Waals surface area contributed by atoms with E-state index in [2.05, 4.69) is 25.2 Å². The molecule has 19 heavy (non-hydrogen) atoms. The fourth-order valence-corrected chi connectivity index (χ4v) is 2.52. The van der Waals surface area contributed by atoms with Gasteiger partial charge in [0.2, 0.25) is 0 Å². The molecular formula is C11H13N5O2S. The Morgan fingerprint density at radius 1 is 1.26 bits per heavy atom. The molecule has 0 amide bonds. The van der Waals surface area contributed by atoms with E-state index in [0.717, 1.165) is 5.56 Å². The van der Waals surface area contributed by atoms with Crippen molar-refractivity contribution in [3.8, 4) is 0 Å². The predicted octanol–water partition coefficient (Wildman–Crippen LogP) is 0.392. The summed E-state index contributed by atoms with van der Waals surface area (Å²) >= 11 is 0. The first kappa shape index (κ1) is 13.4. The maximum Gasteiger partial charge on any atom is 0.264 e. The molecule has 1 aromatic heterocycles. The van der Waals surface area contributed by atoms with Gasteiger partial charge in [0.05, 0.1) is 17.3 Å². The fraction of sp³-hybridized carbons (Fsp3) is 0.182. The lowest BCUT2D eigenvalue weighted by Gasteiger charge is -2.07. The maximum atomic E-state index is 12.1. The van der Waals surface area contributed by atoms with E-state index in [4.69, 9.17) is 0 Å². The van der Waals surface area contributed by atoms with Crippen LogP contribution in [0, 0.1) is 0 Å². The summed E-state index contributed by atoms with van der Waals surface area (Å²) in [6.45, 7) is 0.590. The summed E-state index contributed by atoms with van der Waals surface area (Å²) in [6.07, 6.45) is 2.73. The Hall–Kier alpha value is -2.06. The van der Waals surface area contributed by atoms with Gasteiger partial charge in [-0.3, -0.25) is 0 Å². The molecule has 0 spiro atoms. The zero-order valence-electron chi connectivity index (χ0n) is 10.2. The van der Waals surface area contributed by atoms with Gasteiger partial charge in [0.25, 0.3) is 16.0 Å². The molecule has 0 unspecified atom stereocenters. The predicted molar refractivity (Wildman–Crippen MR) is 69.8 cm³/mol. The number of rotatable bonds is 5. The third kappa shape index (κ3) is 3.46. The molecule has 0 radical (unpaired) electrons. The van der Waals surface area contributed by atoms with E-state index >= 15 is 0 Å². The minimum atomic E-state index is -3.70. The Bertz CT molecular complexity index is 645. The summed E-state index contributed by atoms with van der Waals surface area (Å²) in [7, 11) is -1.90. The summed E-state index contributed by atoms with van der Waals surface area (Å²) < 4.78 is 26.5. The molecule has 0 bridgehead atoms. The van der Waals surface area contributed by atoms with Gasteiger partial charge in [0.1, 0.15) is 0 Å². The van der Waals surface area contributed by atoms with Crippen LogP contribution >= 0.6 is 0 Å². The van der Waals surface area contributed by atoms with E-state index in [1.165, 1.54) is 18.5 Å². The number of nitrogens with zero attached hydrogens (tertiary/aromatic N) is 3. The Labute approximate surface area is 111 Å². The van der Waals surface area contributed by atoms with Crippen LogP contribution in [0.15, 0.2) is 41.6 Å². The summed E-state index contributed by atoms with van der Waals surface area (Å²) in [5, 5.41) is 10.1. The van der Waals surface area contributed by atoms with E-state index in [-0.39, 0.29) is 10.8 Å². The van der Waals surface area contributed by atoms with Crippen LogP contribution in [0.1, 0.15) is 5.56 Å². The maximum absolute atomic E-state index is 12.1. The Morgan fingerprint density at radius 3 is 2.79 bits per heavy atom. The van der Waals surface area contributed by atoms with E-state index < -0.39 is 10.0 Å². The van der Waals surface area contributed by atoms with Crippen LogP contribution in [-0.4, -0.2) is 30.6 Å². The Kier molecular flexibility index (Phi) is 4.03. The summed E-state index contributed by atoms with van der Waals surface area (Å²) in [6, 6.07) is 6.63. The third-order valence-electron chi connectivity index (χ3n) is 2.30. The molecule has 2 N–H and O–H groups in total. The van der Waals surface area contributed by atoms with E-state index in [1.54, 1.807) is 19.2 Å². The quantitative estimate of drug-likeness (QED) is 0.822. The van der Waals surface area contributed by atoms with Crippen molar-refractivity contribution < 1.29 is 8.42 Å². The number of sulfonamides is 1. The van der Waals surface area contributed by atoms with Crippen molar-refractivity contribution in [3.63, 3.8) is 0 Å². The first-order valence-corrected chi connectivity index (χ1v) is 7.00. The van der Waals surface area contributed by atoms with Crippen LogP contribution in [-0.2, 0) is 16.6 Å². The number of benzene rings is 1. The number of anilines is 1. The van der Waals surface area contributed by atoms with Gasteiger partial charge >= 0.3 is 0 Å². The second-order valence-corrected chi connectivity index (χ2v) is 5.43. The van der Waals surface area contributed by atoms with Crippen molar-refractivity contribution in [1.82, 2.24) is 20.5 Å². The number of nitrogens with one attached hydrogen (secondary N) is 2. The minimum absolute atomic E-state index is 0.0541. The van der Waals surface area contributed by atoms with Crippen molar-refractivity contribution in [3.05, 3.63) is 42.2 Å². The highest BCUT2D eigenvalue weighted by molar-refractivity contribution is 7.92. The van der Waals surface area contributed by atoms with Gasteiger partial charge in [-0.1, -0.05) is 12.1 Å². The summed E-state index contributed by atoms with van der Waals surface area (Å²) in [4.78, 5) is 3.93. The zero-order chi connectivity index (χ0) is 13.7. The first-order valence-electron chi connectivity index (χ1n) is 5.52. The minimum Gasteiger partial charge on any atom is -0.316 e. The second-order valence-electron chi connectivity index (χ2n) is 3.75.